The monoisotopic (exact) mass is 540 g/mol. The summed E-state index contributed by atoms with van der Waals surface area (Å²) in [5.41, 5.74) is 8.75. The second-order valence-corrected chi connectivity index (χ2v) is 12.2. The normalized spacial score (nSPS) is 10.7. The highest BCUT2D eigenvalue weighted by Gasteiger charge is 2.13. The molecule has 0 N–H and O–H groups in total. The van der Waals surface area contributed by atoms with Crippen LogP contribution in [0.15, 0.2) is 109 Å². The molecule has 0 spiro atoms. The van der Waals surface area contributed by atoms with Gasteiger partial charge in [0.2, 0.25) is 0 Å². The molecule has 4 aromatic carbocycles. The number of benzene rings is 4. The lowest BCUT2D eigenvalue weighted by molar-refractivity contribution is 0.590. The summed E-state index contributed by atoms with van der Waals surface area (Å²) in [5, 5.41) is 0. The van der Waals surface area contributed by atoms with E-state index in [1.165, 1.54) is 11.1 Å². The molecule has 0 radical (unpaired) electrons. The molecule has 204 valence electrons. The van der Waals surface area contributed by atoms with Gasteiger partial charge in [0.1, 0.15) is 0 Å². The van der Waals surface area contributed by atoms with Gasteiger partial charge >= 0.3 is 0 Å². The minimum absolute atomic E-state index is 0.146. The van der Waals surface area contributed by atoms with Gasteiger partial charge in [-0.25, -0.2) is 0 Å². The maximum atomic E-state index is 3.24. The molecule has 0 saturated heterocycles. The molecule has 42 heavy (non-hydrogen) atoms. The third-order valence-electron chi connectivity index (χ3n) is 6.66. The van der Waals surface area contributed by atoms with Gasteiger partial charge in [-0.1, -0.05) is 113 Å². The second-order valence-electron chi connectivity index (χ2n) is 12.2. The van der Waals surface area contributed by atoms with Crippen molar-refractivity contribution >= 4 is 0 Å². The lowest BCUT2D eigenvalue weighted by Gasteiger charge is -2.18. The highest BCUT2D eigenvalue weighted by molar-refractivity contribution is 5.49. The van der Waals surface area contributed by atoms with Crippen LogP contribution in [0, 0.1) is 47.4 Å². The smallest absolute Gasteiger partial charge is 0.0249 e. The zero-order valence-corrected chi connectivity index (χ0v) is 25.4. The minimum Gasteiger partial charge on any atom is -0.0689 e. The van der Waals surface area contributed by atoms with Crippen LogP contribution in [-0.2, 0) is 10.8 Å². The van der Waals surface area contributed by atoms with Gasteiger partial charge < -0.3 is 0 Å². The molecule has 0 aliphatic heterocycles. The molecule has 0 heteroatoms. The Labute approximate surface area is 252 Å². The Morgan fingerprint density at radius 3 is 0.786 bits per heavy atom. The van der Waals surface area contributed by atoms with Crippen LogP contribution >= 0.6 is 0 Å². The first-order chi connectivity index (χ1) is 20.1. The molecule has 0 heterocycles. The SMILES string of the molecule is CC(C)(C)c1ccc(C#Cc2ccc(C#C/C=C/C#Cc3ccc(C#Cc4ccc(C(C)(C)C)cc4)cc3)cc2)cc1. The van der Waals surface area contributed by atoms with Crippen LogP contribution in [0.5, 0.6) is 0 Å². The van der Waals surface area contributed by atoms with E-state index in [0.717, 1.165) is 33.4 Å². The highest BCUT2D eigenvalue weighted by atomic mass is 14.2. The summed E-state index contributed by atoms with van der Waals surface area (Å²) in [4.78, 5) is 0. The minimum atomic E-state index is 0.146. The maximum Gasteiger partial charge on any atom is 0.0249 e. The second kappa shape index (κ2) is 13.5. The van der Waals surface area contributed by atoms with E-state index in [1.807, 2.05) is 48.5 Å². The fourth-order valence-corrected chi connectivity index (χ4v) is 4.00. The Morgan fingerprint density at radius 2 is 0.548 bits per heavy atom. The summed E-state index contributed by atoms with van der Waals surface area (Å²) >= 11 is 0. The van der Waals surface area contributed by atoms with Gasteiger partial charge in [0.05, 0.1) is 0 Å². The van der Waals surface area contributed by atoms with Crippen molar-refractivity contribution in [2.75, 3.05) is 0 Å². The predicted octanol–water partition coefficient (Wildman–Crippen LogP) is 9.04. The van der Waals surface area contributed by atoms with Crippen LogP contribution in [0.3, 0.4) is 0 Å². The lowest BCUT2D eigenvalue weighted by atomic mass is 9.87. The Bertz CT molecular complexity index is 1640. The van der Waals surface area contributed by atoms with Crippen molar-refractivity contribution < 1.29 is 0 Å². The lowest BCUT2D eigenvalue weighted by Crippen LogP contribution is -2.10. The van der Waals surface area contributed by atoms with E-state index in [-0.39, 0.29) is 10.8 Å². The molecule has 0 bridgehead atoms. The fraction of sp³-hybridized carbons (Fsp3) is 0.190. The van der Waals surface area contributed by atoms with Crippen molar-refractivity contribution in [3.63, 3.8) is 0 Å². The van der Waals surface area contributed by atoms with E-state index >= 15 is 0 Å². The van der Waals surface area contributed by atoms with Gasteiger partial charge in [0.25, 0.3) is 0 Å². The van der Waals surface area contributed by atoms with Crippen molar-refractivity contribution in [2.24, 2.45) is 0 Å². The van der Waals surface area contributed by atoms with Crippen molar-refractivity contribution in [3.8, 4) is 47.4 Å². The summed E-state index contributed by atoms with van der Waals surface area (Å²) < 4.78 is 0. The van der Waals surface area contributed by atoms with Gasteiger partial charge in [-0.3, -0.25) is 0 Å². The van der Waals surface area contributed by atoms with E-state index < -0.39 is 0 Å². The maximum absolute atomic E-state index is 3.24. The largest absolute Gasteiger partial charge is 0.0689 e. The van der Waals surface area contributed by atoms with Crippen molar-refractivity contribution in [3.05, 3.63) is 154 Å². The standard InChI is InChI=1S/C42H36/c1-41(2,3)39-29-25-37(26-30-39)23-21-35-17-13-33(14-18-35)11-9-7-8-10-12-34-15-19-36(20-16-34)22-24-38-27-31-40(32-28-38)42(4,5)6/h7-8,13-20,25-32H,1-6H3/b8-7+. The highest BCUT2D eigenvalue weighted by Crippen LogP contribution is 2.23. The predicted molar refractivity (Wildman–Crippen MR) is 178 cm³/mol. The first kappa shape index (κ1) is 29.8. The van der Waals surface area contributed by atoms with E-state index in [9.17, 15) is 0 Å². The zero-order chi connectivity index (χ0) is 30.0. The van der Waals surface area contributed by atoms with E-state index in [1.54, 1.807) is 12.2 Å². The van der Waals surface area contributed by atoms with Gasteiger partial charge in [-0.2, -0.15) is 0 Å². The third-order valence-corrected chi connectivity index (χ3v) is 6.66. The first-order valence-electron chi connectivity index (χ1n) is 14.2. The van der Waals surface area contributed by atoms with Crippen LogP contribution in [0.25, 0.3) is 0 Å². The van der Waals surface area contributed by atoms with Crippen LogP contribution in [0.2, 0.25) is 0 Å². The summed E-state index contributed by atoms with van der Waals surface area (Å²) in [5.74, 6) is 25.3. The fourth-order valence-electron chi connectivity index (χ4n) is 4.00. The molecule has 0 aliphatic carbocycles. The molecule has 0 saturated carbocycles. The number of hydrogen-bond donors (Lipinski definition) is 0. The van der Waals surface area contributed by atoms with Gasteiger partial charge in [-0.05, 0) is 107 Å². The average molecular weight is 541 g/mol. The van der Waals surface area contributed by atoms with Crippen molar-refractivity contribution in [1.29, 1.82) is 0 Å². The average Bonchev–Trinajstić information content (AvgIpc) is 2.97. The van der Waals surface area contributed by atoms with Gasteiger partial charge in [0.15, 0.2) is 0 Å². The molecule has 0 amide bonds. The Hall–Kier alpha value is -5.14. The molecule has 4 rings (SSSR count). The number of allylic oxidation sites excluding steroid dienone is 2. The number of rotatable bonds is 0. The molecule has 0 nitrogen and oxygen atoms in total. The molecule has 0 unspecified atom stereocenters. The molecule has 4 aromatic rings. The molecule has 0 aromatic heterocycles. The van der Waals surface area contributed by atoms with Crippen LogP contribution < -0.4 is 0 Å². The van der Waals surface area contributed by atoms with E-state index in [2.05, 4.69) is 137 Å². The van der Waals surface area contributed by atoms with E-state index in [4.69, 9.17) is 0 Å². The van der Waals surface area contributed by atoms with Crippen molar-refractivity contribution in [2.45, 2.75) is 52.4 Å². The molecular formula is C42H36. The number of hydrogen-bond acceptors (Lipinski definition) is 0. The summed E-state index contributed by atoms with van der Waals surface area (Å²) in [6.45, 7) is 13.3. The summed E-state index contributed by atoms with van der Waals surface area (Å²) in [6, 6.07) is 32.9. The quantitative estimate of drug-likeness (QED) is 0.195. The molecule has 0 aliphatic rings. The van der Waals surface area contributed by atoms with E-state index in [0.29, 0.717) is 0 Å². The Balaban J connectivity index is 1.28. The molecule has 0 atom stereocenters. The summed E-state index contributed by atoms with van der Waals surface area (Å²) in [6.07, 6.45) is 3.54. The Morgan fingerprint density at radius 1 is 0.333 bits per heavy atom. The topological polar surface area (TPSA) is 0 Å². The van der Waals surface area contributed by atoms with Gasteiger partial charge in [-0.15, -0.1) is 0 Å². The zero-order valence-electron chi connectivity index (χ0n) is 25.4. The van der Waals surface area contributed by atoms with Crippen LogP contribution in [-0.4, -0.2) is 0 Å². The summed E-state index contributed by atoms with van der Waals surface area (Å²) in [7, 11) is 0. The van der Waals surface area contributed by atoms with Crippen LogP contribution in [0.4, 0.5) is 0 Å². The molecular weight excluding hydrogens is 504 g/mol. The molecule has 0 fully saturated rings. The van der Waals surface area contributed by atoms with Crippen molar-refractivity contribution in [1.82, 2.24) is 0 Å². The van der Waals surface area contributed by atoms with Gasteiger partial charge in [0, 0.05) is 33.4 Å². The first-order valence-corrected chi connectivity index (χ1v) is 14.2. The Kier molecular flexibility index (Phi) is 9.57. The third kappa shape index (κ3) is 9.21. The van der Waals surface area contributed by atoms with Crippen LogP contribution in [0.1, 0.15) is 86.1 Å².